The Bertz CT molecular complexity index is 395. The molecule has 1 aliphatic carbocycles. The molecule has 1 saturated carbocycles. The number of hydrogen-bond donors (Lipinski definition) is 1. The van der Waals surface area contributed by atoms with E-state index in [2.05, 4.69) is 52.2 Å². The molecule has 0 aliphatic heterocycles. The second-order valence-electron chi connectivity index (χ2n) is 5.42. The van der Waals surface area contributed by atoms with Crippen LogP contribution in [0.1, 0.15) is 31.2 Å². The van der Waals surface area contributed by atoms with E-state index in [0.29, 0.717) is 24.8 Å². The highest BCUT2D eigenvalue weighted by Gasteiger charge is 2.37. The van der Waals surface area contributed by atoms with Gasteiger partial charge in [0.05, 0.1) is 0 Å². The maximum Gasteiger partial charge on any atom is 0.248 e. The zero-order valence-corrected chi connectivity index (χ0v) is 13.3. The summed E-state index contributed by atoms with van der Waals surface area (Å²) in [4.78, 5) is 0. The lowest BCUT2D eigenvalue weighted by molar-refractivity contribution is -0.0492. The molecule has 1 aromatic carbocycles. The molecule has 0 radical (unpaired) electrons. The van der Waals surface area contributed by atoms with Crippen molar-refractivity contribution in [2.75, 3.05) is 7.05 Å². The zero-order valence-electron chi connectivity index (χ0n) is 11.1. The van der Waals surface area contributed by atoms with Crippen LogP contribution in [0.15, 0.2) is 24.3 Å². The van der Waals surface area contributed by atoms with Gasteiger partial charge in [0, 0.05) is 22.5 Å². The third kappa shape index (κ3) is 4.38. The van der Waals surface area contributed by atoms with E-state index in [-0.39, 0.29) is 12.8 Å². The van der Waals surface area contributed by atoms with E-state index in [0.717, 1.165) is 6.42 Å². The molecule has 1 nitrogen and oxygen atoms in total. The van der Waals surface area contributed by atoms with E-state index < -0.39 is 5.92 Å². The van der Waals surface area contributed by atoms with Crippen molar-refractivity contribution >= 4 is 22.6 Å². The lowest BCUT2D eigenvalue weighted by Crippen LogP contribution is -2.39. The second-order valence-corrected chi connectivity index (χ2v) is 6.66. The number of alkyl halides is 2. The van der Waals surface area contributed by atoms with Crippen LogP contribution < -0.4 is 5.32 Å². The van der Waals surface area contributed by atoms with E-state index in [9.17, 15) is 8.78 Å². The summed E-state index contributed by atoms with van der Waals surface area (Å²) in [5.41, 5.74) is 1.28. The molecule has 1 fully saturated rings. The summed E-state index contributed by atoms with van der Waals surface area (Å²) < 4.78 is 27.6. The van der Waals surface area contributed by atoms with Crippen LogP contribution in [-0.4, -0.2) is 19.0 Å². The first kappa shape index (κ1) is 15.2. The van der Waals surface area contributed by atoms with Gasteiger partial charge in [-0.05, 0) is 72.5 Å². The first-order chi connectivity index (χ1) is 9.00. The minimum Gasteiger partial charge on any atom is -0.316 e. The molecule has 1 atom stereocenters. The highest BCUT2D eigenvalue weighted by molar-refractivity contribution is 14.1. The number of benzene rings is 1. The van der Waals surface area contributed by atoms with Gasteiger partial charge in [-0.3, -0.25) is 0 Å². The number of likely N-dealkylation sites (N-methyl/N-ethyl adjacent to an activating group) is 1. The van der Waals surface area contributed by atoms with E-state index in [4.69, 9.17) is 0 Å². The molecule has 19 heavy (non-hydrogen) atoms. The van der Waals surface area contributed by atoms with Crippen LogP contribution in [0.25, 0.3) is 0 Å². The van der Waals surface area contributed by atoms with Gasteiger partial charge < -0.3 is 5.32 Å². The van der Waals surface area contributed by atoms with Crippen molar-refractivity contribution in [2.24, 2.45) is 5.92 Å². The highest BCUT2D eigenvalue weighted by atomic mass is 127. The summed E-state index contributed by atoms with van der Waals surface area (Å²) in [6.07, 6.45) is 2.26. The van der Waals surface area contributed by atoms with Gasteiger partial charge in [0.2, 0.25) is 5.92 Å². The Morgan fingerprint density at radius 2 is 1.84 bits per heavy atom. The van der Waals surface area contributed by atoms with E-state index in [1.54, 1.807) is 0 Å². The van der Waals surface area contributed by atoms with Gasteiger partial charge in [0.1, 0.15) is 0 Å². The standard InChI is InChI=1S/C15H20F2IN/c1-19-14(10-11-2-4-13(18)5-3-11)12-6-8-15(16,17)9-7-12/h2-5,12,14,19H,6-10H2,1H3. The third-order valence-electron chi connectivity index (χ3n) is 4.07. The van der Waals surface area contributed by atoms with Gasteiger partial charge in [0.15, 0.2) is 0 Å². The maximum atomic E-state index is 13.2. The smallest absolute Gasteiger partial charge is 0.248 e. The van der Waals surface area contributed by atoms with Crippen molar-refractivity contribution in [2.45, 2.75) is 44.1 Å². The Morgan fingerprint density at radius 1 is 1.26 bits per heavy atom. The van der Waals surface area contributed by atoms with Crippen LogP contribution in [0.2, 0.25) is 0 Å². The molecular weight excluding hydrogens is 359 g/mol. The molecule has 2 rings (SSSR count). The Labute approximate surface area is 127 Å². The monoisotopic (exact) mass is 379 g/mol. The Hall–Kier alpha value is -0.230. The number of hydrogen-bond acceptors (Lipinski definition) is 1. The van der Waals surface area contributed by atoms with Crippen molar-refractivity contribution in [3.63, 3.8) is 0 Å². The normalized spacial score (nSPS) is 21.3. The molecule has 0 aromatic heterocycles. The SMILES string of the molecule is CNC(Cc1ccc(I)cc1)C1CCC(F)(F)CC1. The quantitative estimate of drug-likeness (QED) is 0.772. The lowest BCUT2D eigenvalue weighted by atomic mass is 9.80. The molecule has 106 valence electrons. The summed E-state index contributed by atoms with van der Waals surface area (Å²) in [6, 6.07) is 8.75. The molecule has 1 unspecified atom stereocenters. The third-order valence-corrected chi connectivity index (χ3v) is 4.79. The molecule has 1 aromatic rings. The van der Waals surface area contributed by atoms with Crippen molar-refractivity contribution in [1.29, 1.82) is 0 Å². The summed E-state index contributed by atoms with van der Waals surface area (Å²) in [7, 11) is 1.93. The van der Waals surface area contributed by atoms with Crippen molar-refractivity contribution < 1.29 is 8.78 Å². The van der Waals surface area contributed by atoms with E-state index in [1.807, 2.05) is 7.05 Å². The second kappa shape index (κ2) is 6.48. The van der Waals surface area contributed by atoms with Gasteiger partial charge in [-0.25, -0.2) is 8.78 Å². The minimum atomic E-state index is -2.43. The van der Waals surface area contributed by atoms with Gasteiger partial charge >= 0.3 is 0 Å². The molecule has 4 heteroatoms. The van der Waals surface area contributed by atoms with Crippen molar-refractivity contribution in [1.82, 2.24) is 5.32 Å². The van der Waals surface area contributed by atoms with Crippen molar-refractivity contribution in [3.8, 4) is 0 Å². The molecule has 0 saturated heterocycles. The van der Waals surface area contributed by atoms with E-state index >= 15 is 0 Å². The predicted molar refractivity (Wildman–Crippen MR) is 82.6 cm³/mol. The highest BCUT2D eigenvalue weighted by Crippen LogP contribution is 2.37. The molecule has 0 amide bonds. The summed E-state index contributed by atoms with van der Waals surface area (Å²) in [6.45, 7) is 0. The molecular formula is C15H20F2IN. The van der Waals surface area contributed by atoms with Crippen LogP contribution in [0.5, 0.6) is 0 Å². The van der Waals surface area contributed by atoms with Gasteiger partial charge in [-0.1, -0.05) is 12.1 Å². The minimum absolute atomic E-state index is 0.0442. The predicted octanol–water partition coefficient (Wildman–Crippen LogP) is 4.25. The largest absolute Gasteiger partial charge is 0.316 e. The first-order valence-corrected chi connectivity index (χ1v) is 7.87. The number of nitrogens with one attached hydrogen (secondary N) is 1. The van der Waals surface area contributed by atoms with Crippen LogP contribution in [-0.2, 0) is 6.42 Å². The van der Waals surface area contributed by atoms with Crippen LogP contribution >= 0.6 is 22.6 Å². The van der Waals surface area contributed by atoms with Crippen molar-refractivity contribution in [3.05, 3.63) is 33.4 Å². The molecule has 1 aliphatic rings. The van der Waals surface area contributed by atoms with Gasteiger partial charge in [-0.15, -0.1) is 0 Å². The van der Waals surface area contributed by atoms with Gasteiger partial charge in [0.25, 0.3) is 0 Å². The Kier molecular flexibility index (Phi) is 5.17. The summed E-state index contributed by atoms with van der Waals surface area (Å²) in [5.74, 6) is -2.07. The summed E-state index contributed by atoms with van der Waals surface area (Å²) in [5, 5.41) is 3.32. The average Bonchev–Trinajstić information content (AvgIpc) is 2.39. The van der Waals surface area contributed by atoms with Crippen LogP contribution in [0.4, 0.5) is 8.78 Å². The Morgan fingerprint density at radius 3 is 2.37 bits per heavy atom. The average molecular weight is 379 g/mol. The summed E-state index contributed by atoms with van der Waals surface area (Å²) >= 11 is 2.29. The maximum absolute atomic E-state index is 13.2. The molecule has 0 spiro atoms. The van der Waals surface area contributed by atoms with Crippen LogP contribution in [0, 0.1) is 9.49 Å². The number of rotatable bonds is 4. The number of halogens is 3. The fraction of sp³-hybridized carbons (Fsp3) is 0.600. The Balaban J connectivity index is 1.95. The van der Waals surface area contributed by atoms with Gasteiger partial charge in [-0.2, -0.15) is 0 Å². The molecule has 1 N–H and O–H groups in total. The van der Waals surface area contributed by atoms with Crippen LogP contribution in [0.3, 0.4) is 0 Å². The topological polar surface area (TPSA) is 12.0 Å². The first-order valence-electron chi connectivity index (χ1n) is 6.80. The zero-order chi connectivity index (χ0) is 13.9. The lowest BCUT2D eigenvalue weighted by Gasteiger charge is -2.33. The molecule has 0 bridgehead atoms. The fourth-order valence-corrected chi connectivity index (χ4v) is 3.20. The fourth-order valence-electron chi connectivity index (χ4n) is 2.84. The van der Waals surface area contributed by atoms with E-state index in [1.165, 1.54) is 9.13 Å². The molecule has 0 heterocycles.